The van der Waals surface area contributed by atoms with Gasteiger partial charge >= 0.3 is 0 Å². The van der Waals surface area contributed by atoms with E-state index in [-0.39, 0.29) is 23.9 Å². The molecule has 2 unspecified atom stereocenters. The lowest BCUT2D eigenvalue weighted by Crippen LogP contribution is -2.67. The molecule has 2 aliphatic heterocycles. The molecule has 0 aromatic heterocycles. The van der Waals surface area contributed by atoms with Crippen LogP contribution in [-0.4, -0.2) is 46.8 Å². The molecular weight excluding hydrogens is 264 g/mol. The summed E-state index contributed by atoms with van der Waals surface area (Å²) in [5.74, 6) is 0.424. The fraction of sp³-hybridized carbons (Fsp3) is 0.882. The molecule has 4 heteroatoms. The molecule has 118 valence electrons. The van der Waals surface area contributed by atoms with Crippen LogP contribution in [0, 0.1) is 5.41 Å². The first-order valence-corrected chi connectivity index (χ1v) is 8.73. The molecular formula is C17H28N2O2. The number of hydrogen-bond donors (Lipinski definition) is 0. The van der Waals surface area contributed by atoms with Gasteiger partial charge in [0.1, 0.15) is 12.1 Å². The van der Waals surface area contributed by atoms with Crippen molar-refractivity contribution in [1.82, 2.24) is 9.80 Å². The summed E-state index contributed by atoms with van der Waals surface area (Å²) in [6, 6.07) is -0.376. The topological polar surface area (TPSA) is 40.6 Å². The molecule has 1 saturated carbocycles. The molecule has 2 atom stereocenters. The standard InChI is InChI=1S/C17H28N2O2/c1-3-13-15(20)18-11-6-5-8-14(18)16(21)19(13)12-17(4-2)9-7-10-17/h13-14H,3-12H2,1-2H3. The Morgan fingerprint density at radius 3 is 2.43 bits per heavy atom. The molecule has 21 heavy (non-hydrogen) atoms. The highest BCUT2D eigenvalue weighted by Crippen LogP contribution is 2.45. The first kappa shape index (κ1) is 14.9. The monoisotopic (exact) mass is 292 g/mol. The van der Waals surface area contributed by atoms with E-state index >= 15 is 0 Å². The second-order valence-corrected chi connectivity index (χ2v) is 7.14. The zero-order chi connectivity index (χ0) is 15.0. The maximum absolute atomic E-state index is 12.9. The second-order valence-electron chi connectivity index (χ2n) is 7.14. The van der Waals surface area contributed by atoms with E-state index in [1.54, 1.807) is 0 Å². The van der Waals surface area contributed by atoms with Gasteiger partial charge in [-0.1, -0.05) is 20.3 Å². The van der Waals surface area contributed by atoms with Crippen molar-refractivity contribution in [3.05, 3.63) is 0 Å². The first-order valence-electron chi connectivity index (χ1n) is 8.73. The minimum absolute atomic E-state index is 0.164. The van der Waals surface area contributed by atoms with Gasteiger partial charge in [-0.25, -0.2) is 0 Å². The van der Waals surface area contributed by atoms with Crippen LogP contribution in [-0.2, 0) is 9.59 Å². The van der Waals surface area contributed by atoms with E-state index in [0.717, 1.165) is 45.2 Å². The van der Waals surface area contributed by atoms with Crippen molar-refractivity contribution in [1.29, 1.82) is 0 Å². The third kappa shape index (κ3) is 2.36. The third-order valence-electron chi connectivity index (χ3n) is 6.07. The number of piperidine rings is 1. The summed E-state index contributed by atoms with van der Waals surface area (Å²) in [7, 11) is 0. The van der Waals surface area contributed by atoms with Gasteiger partial charge in [-0.3, -0.25) is 9.59 Å². The average Bonchev–Trinajstić information content (AvgIpc) is 2.48. The highest BCUT2D eigenvalue weighted by atomic mass is 16.2. The number of amides is 2. The van der Waals surface area contributed by atoms with E-state index in [1.165, 1.54) is 19.3 Å². The largest absolute Gasteiger partial charge is 0.329 e. The summed E-state index contributed by atoms with van der Waals surface area (Å²) < 4.78 is 0. The first-order chi connectivity index (χ1) is 10.1. The van der Waals surface area contributed by atoms with Crippen molar-refractivity contribution in [3.63, 3.8) is 0 Å². The fourth-order valence-corrected chi connectivity index (χ4v) is 4.37. The predicted molar refractivity (Wildman–Crippen MR) is 81.7 cm³/mol. The number of fused-ring (bicyclic) bond motifs is 1. The van der Waals surface area contributed by atoms with Crippen LogP contribution in [0.2, 0.25) is 0 Å². The van der Waals surface area contributed by atoms with Gasteiger partial charge in [0.2, 0.25) is 11.8 Å². The summed E-state index contributed by atoms with van der Waals surface area (Å²) in [5, 5.41) is 0. The van der Waals surface area contributed by atoms with Crippen LogP contribution >= 0.6 is 0 Å². The number of hydrogen-bond acceptors (Lipinski definition) is 2. The van der Waals surface area contributed by atoms with E-state index in [0.29, 0.717) is 5.41 Å². The molecule has 0 aromatic carbocycles. The van der Waals surface area contributed by atoms with Crippen molar-refractivity contribution in [2.24, 2.45) is 5.41 Å². The van der Waals surface area contributed by atoms with Gasteiger partial charge in [0.25, 0.3) is 0 Å². The predicted octanol–water partition coefficient (Wildman–Crippen LogP) is 2.57. The van der Waals surface area contributed by atoms with E-state index < -0.39 is 0 Å². The van der Waals surface area contributed by atoms with Gasteiger partial charge in [-0.2, -0.15) is 0 Å². The van der Waals surface area contributed by atoms with Crippen molar-refractivity contribution in [3.8, 4) is 0 Å². The molecule has 4 nitrogen and oxygen atoms in total. The lowest BCUT2D eigenvalue weighted by atomic mass is 9.66. The molecule has 3 rings (SSSR count). The minimum Gasteiger partial charge on any atom is -0.329 e. The summed E-state index contributed by atoms with van der Waals surface area (Å²) in [6.45, 7) is 5.84. The molecule has 2 saturated heterocycles. The maximum atomic E-state index is 12.9. The molecule has 2 amide bonds. The molecule has 0 N–H and O–H groups in total. The number of carbonyl (C=O) groups is 2. The van der Waals surface area contributed by atoms with Gasteiger partial charge in [-0.05, 0) is 50.4 Å². The van der Waals surface area contributed by atoms with E-state index in [4.69, 9.17) is 0 Å². The van der Waals surface area contributed by atoms with Gasteiger partial charge in [0.05, 0.1) is 0 Å². The molecule has 0 radical (unpaired) electrons. The summed E-state index contributed by atoms with van der Waals surface area (Å²) in [5.41, 5.74) is 0.292. The van der Waals surface area contributed by atoms with Gasteiger partial charge in [-0.15, -0.1) is 0 Å². The normalized spacial score (nSPS) is 31.9. The summed E-state index contributed by atoms with van der Waals surface area (Å²) in [4.78, 5) is 29.5. The zero-order valence-electron chi connectivity index (χ0n) is 13.4. The number of rotatable bonds is 4. The Balaban J connectivity index is 1.83. The van der Waals surface area contributed by atoms with E-state index in [9.17, 15) is 9.59 Å². The fourth-order valence-electron chi connectivity index (χ4n) is 4.37. The van der Waals surface area contributed by atoms with Crippen molar-refractivity contribution >= 4 is 11.8 Å². The molecule has 0 aromatic rings. The Kier molecular flexibility index (Phi) is 3.98. The highest BCUT2D eigenvalue weighted by molar-refractivity contribution is 5.97. The molecule has 1 aliphatic carbocycles. The zero-order valence-corrected chi connectivity index (χ0v) is 13.4. The van der Waals surface area contributed by atoms with Crippen molar-refractivity contribution in [2.45, 2.75) is 77.3 Å². The Bertz CT molecular complexity index is 425. The number of piperazine rings is 1. The van der Waals surface area contributed by atoms with Crippen molar-refractivity contribution in [2.75, 3.05) is 13.1 Å². The van der Waals surface area contributed by atoms with Crippen LogP contribution in [0.4, 0.5) is 0 Å². The highest BCUT2D eigenvalue weighted by Gasteiger charge is 2.48. The van der Waals surface area contributed by atoms with Crippen LogP contribution in [0.5, 0.6) is 0 Å². The van der Waals surface area contributed by atoms with Gasteiger partial charge in [0.15, 0.2) is 0 Å². The van der Waals surface area contributed by atoms with Gasteiger partial charge < -0.3 is 9.80 Å². The molecule has 0 spiro atoms. The van der Waals surface area contributed by atoms with Crippen LogP contribution < -0.4 is 0 Å². The summed E-state index contributed by atoms with van der Waals surface area (Å²) in [6.07, 6.45) is 8.54. The number of carbonyl (C=O) groups excluding carboxylic acids is 2. The molecule has 0 bridgehead atoms. The quantitative estimate of drug-likeness (QED) is 0.799. The number of nitrogens with zero attached hydrogens (tertiary/aromatic N) is 2. The van der Waals surface area contributed by atoms with Crippen LogP contribution in [0.1, 0.15) is 65.2 Å². The summed E-state index contributed by atoms with van der Waals surface area (Å²) >= 11 is 0. The maximum Gasteiger partial charge on any atom is 0.246 e. The Morgan fingerprint density at radius 1 is 1.10 bits per heavy atom. The second kappa shape index (κ2) is 5.62. The lowest BCUT2D eigenvalue weighted by Gasteiger charge is -2.51. The Morgan fingerprint density at radius 2 is 1.86 bits per heavy atom. The molecule has 2 heterocycles. The van der Waals surface area contributed by atoms with Crippen molar-refractivity contribution < 1.29 is 9.59 Å². The lowest BCUT2D eigenvalue weighted by molar-refractivity contribution is -0.166. The minimum atomic E-state index is -0.212. The molecule has 3 fully saturated rings. The van der Waals surface area contributed by atoms with Crippen LogP contribution in [0.3, 0.4) is 0 Å². The van der Waals surface area contributed by atoms with Crippen LogP contribution in [0.25, 0.3) is 0 Å². The Hall–Kier alpha value is -1.06. The third-order valence-corrected chi connectivity index (χ3v) is 6.07. The van der Waals surface area contributed by atoms with E-state index in [2.05, 4.69) is 6.92 Å². The smallest absolute Gasteiger partial charge is 0.246 e. The van der Waals surface area contributed by atoms with Gasteiger partial charge in [0, 0.05) is 13.1 Å². The Labute approximate surface area is 127 Å². The molecule has 3 aliphatic rings. The van der Waals surface area contributed by atoms with Crippen LogP contribution in [0.15, 0.2) is 0 Å². The SMILES string of the molecule is CCC1C(=O)N2CCCCC2C(=O)N1CC1(CC)CCC1. The van der Waals surface area contributed by atoms with E-state index in [1.807, 2.05) is 16.7 Å². The average molecular weight is 292 g/mol.